The van der Waals surface area contributed by atoms with E-state index >= 15 is 0 Å². The summed E-state index contributed by atoms with van der Waals surface area (Å²) in [6.45, 7) is 1.16. The van der Waals surface area contributed by atoms with Gasteiger partial charge in [0.05, 0.1) is 6.26 Å². The monoisotopic (exact) mass is 421 g/mol. The Hall–Kier alpha value is -3.33. The van der Waals surface area contributed by atoms with Gasteiger partial charge in [0.2, 0.25) is 5.91 Å². The van der Waals surface area contributed by atoms with Crippen LogP contribution in [0.15, 0.2) is 62.6 Å². The highest BCUT2D eigenvalue weighted by atomic mass is 32.2. The Bertz CT molecular complexity index is 1150. The van der Waals surface area contributed by atoms with Gasteiger partial charge in [0.1, 0.15) is 11.4 Å². The second-order valence-corrected chi connectivity index (χ2v) is 8.00. The molecule has 5 rings (SSSR count). The van der Waals surface area contributed by atoms with E-state index < -0.39 is 0 Å². The highest BCUT2D eigenvalue weighted by Crippen LogP contribution is 2.30. The number of thioether (sulfide) groups is 1. The molecule has 1 aliphatic rings. The summed E-state index contributed by atoms with van der Waals surface area (Å²) in [5.74, 6) is 1.54. The summed E-state index contributed by atoms with van der Waals surface area (Å²) < 4.78 is 10.8. The average molecular weight is 421 g/mol. The van der Waals surface area contributed by atoms with E-state index in [1.165, 1.54) is 4.90 Å². The summed E-state index contributed by atoms with van der Waals surface area (Å²) in [7, 11) is 0. The van der Waals surface area contributed by atoms with Crippen LogP contribution in [0.25, 0.3) is 23.0 Å². The molecule has 0 bridgehead atoms. The zero-order valence-corrected chi connectivity index (χ0v) is 17.1. The number of likely N-dealkylation sites (tertiary alicyclic amines) is 1. The minimum Gasteiger partial charge on any atom is -0.463 e. The molecule has 0 spiro atoms. The van der Waals surface area contributed by atoms with E-state index in [0.717, 1.165) is 5.56 Å². The van der Waals surface area contributed by atoms with Gasteiger partial charge in [-0.05, 0) is 36.1 Å². The fourth-order valence-corrected chi connectivity index (χ4v) is 3.95. The molecule has 3 aromatic heterocycles. The van der Waals surface area contributed by atoms with Crippen LogP contribution < -0.4 is 0 Å². The molecule has 1 atom stereocenters. The Morgan fingerprint density at radius 3 is 2.90 bits per heavy atom. The van der Waals surface area contributed by atoms with Crippen LogP contribution in [0.4, 0.5) is 0 Å². The molecule has 1 saturated heterocycles. The summed E-state index contributed by atoms with van der Waals surface area (Å²) >= 11 is 1.70. The van der Waals surface area contributed by atoms with Crippen LogP contribution in [0.2, 0.25) is 0 Å². The lowest BCUT2D eigenvalue weighted by atomic mass is 10.1. The molecule has 0 saturated carbocycles. The van der Waals surface area contributed by atoms with Crippen molar-refractivity contribution in [1.82, 2.24) is 25.2 Å². The molecule has 1 N–H and O–H groups in total. The van der Waals surface area contributed by atoms with Crippen LogP contribution >= 0.6 is 11.8 Å². The van der Waals surface area contributed by atoms with E-state index in [1.807, 2.05) is 17.2 Å². The van der Waals surface area contributed by atoms with Crippen molar-refractivity contribution >= 4 is 17.7 Å². The number of carbonyl (C=O) groups excluding carboxylic acids is 1. The number of aromatic amines is 1. The fourth-order valence-electron chi connectivity index (χ4n) is 3.54. The zero-order valence-electron chi connectivity index (χ0n) is 16.2. The fraction of sp³-hybridized carbons (Fsp3) is 0.238. The number of H-pyrrole nitrogens is 1. The molecule has 0 radical (unpaired) electrons. The molecule has 1 aliphatic heterocycles. The first-order valence-electron chi connectivity index (χ1n) is 9.53. The van der Waals surface area contributed by atoms with Gasteiger partial charge in [0, 0.05) is 36.4 Å². The van der Waals surface area contributed by atoms with Crippen molar-refractivity contribution in [3.05, 3.63) is 60.1 Å². The molecule has 8 nitrogen and oxygen atoms in total. The zero-order chi connectivity index (χ0) is 20.5. The molecule has 0 aliphatic carbocycles. The number of aromatic nitrogens is 4. The number of hydrogen-bond donors (Lipinski definition) is 1. The van der Waals surface area contributed by atoms with Gasteiger partial charge in [-0.2, -0.15) is 10.1 Å². The van der Waals surface area contributed by atoms with Crippen molar-refractivity contribution < 1.29 is 13.7 Å². The normalized spacial score (nSPS) is 16.5. The van der Waals surface area contributed by atoms with Crippen molar-refractivity contribution in [2.45, 2.75) is 23.8 Å². The van der Waals surface area contributed by atoms with Crippen LogP contribution in [0.3, 0.4) is 0 Å². The van der Waals surface area contributed by atoms with Crippen molar-refractivity contribution in [2.24, 2.45) is 0 Å². The maximum absolute atomic E-state index is 12.5. The molecule has 152 valence electrons. The first kappa shape index (κ1) is 18.7. The van der Waals surface area contributed by atoms with Crippen LogP contribution in [0, 0.1) is 0 Å². The highest BCUT2D eigenvalue weighted by Gasteiger charge is 2.34. The lowest BCUT2D eigenvalue weighted by Gasteiger charge is -2.16. The number of nitrogens with zero attached hydrogens (tertiary/aromatic N) is 4. The van der Waals surface area contributed by atoms with Gasteiger partial charge in [-0.3, -0.25) is 9.89 Å². The van der Waals surface area contributed by atoms with Gasteiger partial charge in [-0.1, -0.05) is 17.3 Å². The predicted molar refractivity (Wildman–Crippen MR) is 111 cm³/mol. The maximum Gasteiger partial charge on any atom is 0.275 e. The molecular weight excluding hydrogens is 402 g/mol. The Labute approximate surface area is 176 Å². The number of benzene rings is 1. The van der Waals surface area contributed by atoms with Crippen molar-refractivity contribution in [1.29, 1.82) is 0 Å². The Morgan fingerprint density at radius 2 is 2.13 bits per heavy atom. The standard InChI is InChI=1S/C21H19N5O3S/c1-30-15-6-4-13(5-7-15)11-26-12-14(9-19(26)27)20-22-21(29-25-20)17-10-16(23-24-17)18-3-2-8-28-18/h2-8,10,14H,9,11-12H2,1H3,(H,23,24). The third-order valence-electron chi connectivity index (χ3n) is 5.14. The van der Waals surface area contributed by atoms with Crippen molar-refractivity contribution in [2.75, 3.05) is 12.8 Å². The SMILES string of the molecule is CSc1ccc(CN2CC(c3noc(-c4cc(-c5ccco5)n[nH]4)n3)CC2=O)cc1. The summed E-state index contributed by atoms with van der Waals surface area (Å²) in [5.41, 5.74) is 2.37. The van der Waals surface area contributed by atoms with Crippen LogP contribution in [0.5, 0.6) is 0 Å². The third-order valence-corrected chi connectivity index (χ3v) is 5.88. The molecule has 4 aromatic rings. The number of hydrogen-bond acceptors (Lipinski definition) is 7. The van der Waals surface area contributed by atoms with Crippen LogP contribution in [-0.4, -0.2) is 43.9 Å². The van der Waals surface area contributed by atoms with Crippen molar-refractivity contribution in [3.8, 4) is 23.0 Å². The first-order valence-corrected chi connectivity index (χ1v) is 10.8. The molecule has 1 aromatic carbocycles. The van der Waals surface area contributed by atoms with Crippen molar-refractivity contribution in [3.63, 3.8) is 0 Å². The van der Waals surface area contributed by atoms with Gasteiger partial charge < -0.3 is 13.8 Å². The highest BCUT2D eigenvalue weighted by molar-refractivity contribution is 7.98. The van der Waals surface area contributed by atoms with E-state index in [-0.39, 0.29) is 11.8 Å². The Kier molecular flexibility index (Phi) is 4.88. The molecule has 9 heteroatoms. The molecule has 1 fully saturated rings. The van der Waals surface area contributed by atoms with E-state index in [0.29, 0.717) is 48.4 Å². The Morgan fingerprint density at radius 1 is 1.27 bits per heavy atom. The lowest BCUT2D eigenvalue weighted by molar-refractivity contribution is -0.128. The summed E-state index contributed by atoms with van der Waals surface area (Å²) in [5, 5.41) is 11.2. The van der Waals surface area contributed by atoms with E-state index in [2.05, 4.69) is 44.6 Å². The number of nitrogens with one attached hydrogen (secondary N) is 1. The number of rotatable bonds is 6. The van der Waals surface area contributed by atoms with Gasteiger partial charge in [-0.25, -0.2) is 0 Å². The quantitative estimate of drug-likeness (QED) is 0.470. The first-order chi connectivity index (χ1) is 14.7. The minimum atomic E-state index is -0.0899. The number of amides is 1. The lowest BCUT2D eigenvalue weighted by Crippen LogP contribution is -2.24. The summed E-state index contributed by atoms with van der Waals surface area (Å²) in [6.07, 6.45) is 4.01. The van der Waals surface area contributed by atoms with Gasteiger partial charge in [0.25, 0.3) is 5.89 Å². The van der Waals surface area contributed by atoms with Gasteiger partial charge in [-0.15, -0.1) is 11.8 Å². The van der Waals surface area contributed by atoms with Crippen LogP contribution in [0.1, 0.15) is 23.7 Å². The number of furan rings is 1. The third kappa shape index (κ3) is 3.63. The van der Waals surface area contributed by atoms with E-state index in [1.54, 1.807) is 30.2 Å². The number of carbonyl (C=O) groups is 1. The molecule has 1 amide bonds. The van der Waals surface area contributed by atoms with Gasteiger partial charge in [0.15, 0.2) is 11.6 Å². The van der Waals surface area contributed by atoms with E-state index in [4.69, 9.17) is 8.94 Å². The largest absolute Gasteiger partial charge is 0.463 e. The molecule has 30 heavy (non-hydrogen) atoms. The Balaban J connectivity index is 1.28. The predicted octanol–water partition coefficient (Wildman–Crippen LogP) is 3.96. The topological polar surface area (TPSA) is 101 Å². The summed E-state index contributed by atoms with van der Waals surface area (Å²) in [6, 6.07) is 13.7. The average Bonchev–Trinajstić information content (AvgIpc) is 3.55. The van der Waals surface area contributed by atoms with Crippen LogP contribution in [-0.2, 0) is 11.3 Å². The van der Waals surface area contributed by atoms with E-state index in [9.17, 15) is 4.79 Å². The maximum atomic E-state index is 12.5. The second-order valence-electron chi connectivity index (χ2n) is 7.13. The summed E-state index contributed by atoms with van der Waals surface area (Å²) in [4.78, 5) is 20.1. The molecule has 4 heterocycles. The van der Waals surface area contributed by atoms with Gasteiger partial charge >= 0.3 is 0 Å². The molecular formula is C21H19N5O3S. The smallest absolute Gasteiger partial charge is 0.275 e. The minimum absolute atomic E-state index is 0.0899. The molecule has 1 unspecified atom stereocenters. The second kappa shape index (κ2) is 7.83.